The number of carbonyl (C=O) groups excluding carboxylic acids is 1. The van der Waals surface area contributed by atoms with Crippen LogP contribution in [0.1, 0.15) is 15.9 Å². The summed E-state index contributed by atoms with van der Waals surface area (Å²) in [5.41, 5.74) is 7.96. The van der Waals surface area contributed by atoms with Gasteiger partial charge in [0.25, 0.3) is 5.91 Å². The summed E-state index contributed by atoms with van der Waals surface area (Å²) in [6, 6.07) is 9.85. The average molecular weight is 321 g/mol. The minimum absolute atomic E-state index is 0.0640. The van der Waals surface area contributed by atoms with Crippen LogP contribution in [0.5, 0.6) is 5.75 Å². The van der Waals surface area contributed by atoms with Gasteiger partial charge in [-0.2, -0.15) is 0 Å². The fraction of sp³-hybridized carbons (Fsp3) is 0.0714. The predicted molar refractivity (Wildman–Crippen MR) is 79.4 cm³/mol. The summed E-state index contributed by atoms with van der Waals surface area (Å²) < 4.78 is 0.874. The lowest BCUT2D eigenvalue weighted by atomic mass is 10.1. The fourth-order valence-electron chi connectivity index (χ4n) is 1.71. The minimum atomic E-state index is -0.240. The first-order chi connectivity index (χ1) is 8.99. The number of aromatic hydroxyl groups is 1. The number of phenolic OH excluding ortho intramolecular Hbond substituents is 1. The van der Waals surface area contributed by atoms with Crippen molar-refractivity contribution >= 4 is 33.2 Å². The Morgan fingerprint density at radius 2 is 2.05 bits per heavy atom. The first-order valence-corrected chi connectivity index (χ1v) is 6.43. The van der Waals surface area contributed by atoms with Gasteiger partial charge in [-0.1, -0.05) is 22.0 Å². The van der Waals surface area contributed by atoms with Crippen LogP contribution in [0.2, 0.25) is 0 Å². The number of anilines is 2. The molecule has 1 amide bonds. The van der Waals surface area contributed by atoms with Gasteiger partial charge in [0.15, 0.2) is 0 Å². The average Bonchev–Trinajstić information content (AvgIpc) is 2.36. The van der Waals surface area contributed by atoms with E-state index in [4.69, 9.17) is 5.73 Å². The van der Waals surface area contributed by atoms with Crippen LogP contribution in [-0.4, -0.2) is 11.0 Å². The molecule has 0 unspecified atom stereocenters. The number of benzene rings is 2. The molecule has 5 heteroatoms. The van der Waals surface area contributed by atoms with Crippen molar-refractivity contribution in [1.29, 1.82) is 0 Å². The predicted octanol–water partition coefficient (Wildman–Crippen LogP) is 3.30. The molecule has 4 nitrogen and oxygen atoms in total. The van der Waals surface area contributed by atoms with Crippen LogP contribution in [-0.2, 0) is 0 Å². The SMILES string of the molecule is Cc1c(Br)cccc1C(=O)Nc1ccc(O)cc1N. The number of phenols is 1. The summed E-state index contributed by atoms with van der Waals surface area (Å²) >= 11 is 3.39. The van der Waals surface area contributed by atoms with Gasteiger partial charge in [-0.3, -0.25) is 4.79 Å². The van der Waals surface area contributed by atoms with Gasteiger partial charge in [0.2, 0.25) is 0 Å². The van der Waals surface area contributed by atoms with Crippen molar-refractivity contribution in [2.24, 2.45) is 0 Å². The van der Waals surface area contributed by atoms with E-state index in [0.717, 1.165) is 10.0 Å². The van der Waals surface area contributed by atoms with E-state index in [1.807, 2.05) is 13.0 Å². The van der Waals surface area contributed by atoms with Gasteiger partial charge in [-0.25, -0.2) is 0 Å². The van der Waals surface area contributed by atoms with E-state index in [1.54, 1.807) is 18.2 Å². The van der Waals surface area contributed by atoms with Crippen LogP contribution in [0.25, 0.3) is 0 Å². The Morgan fingerprint density at radius 3 is 2.74 bits per heavy atom. The number of rotatable bonds is 2. The van der Waals surface area contributed by atoms with E-state index in [-0.39, 0.29) is 11.7 Å². The van der Waals surface area contributed by atoms with Gasteiger partial charge < -0.3 is 16.2 Å². The smallest absolute Gasteiger partial charge is 0.256 e. The summed E-state index contributed by atoms with van der Waals surface area (Å²) in [5.74, 6) is -0.176. The molecule has 0 saturated carbocycles. The summed E-state index contributed by atoms with van der Waals surface area (Å²) in [7, 11) is 0. The van der Waals surface area contributed by atoms with Crippen molar-refractivity contribution < 1.29 is 9.90 Å². The highest BCUT2D eigenvalue weighted by atomic mass is 79.9. The van der Waals surface area contributed by atoms with Gasteiger partial charge >= 0.3 is 0 Å². The highest BCUT2D eigenvalue weighted by Gasteiger charge is 2.12. The van der Waals surface area contributed by atoms with E-state index in [9.17, 15) is 9.90 Å². The topological polar surface area (TPSA) is 75.3 Å². The molecule has 4 N–H and O–H groups in total. The second kappa shape index (κ2) is 5.32. The van der Waals surface area contributed by atoms with E-state index in [2.05, 4.69) is 21.2 Å². The molecule has 2 aromatic rings. The Hall–Kier alpha value is -2.01. The van der Waals surface area contributed by atoms with E-state index in [0.29, 0.717) is 16.9 Å². The third kappa shape index (κ3) is 2.88. The Labute approximate surface area is 119 Å². The molecule has 0 saturated heterocycles. The largest absolute Gasteiger partial charge is 0.508 e. The third-order valence-corrected chi connectivity index (χ3v) is 3.65. The third-order valence-electron chi connectivity index (χ3n) is 2.80. The van der Waals surface area contributed by atoms with E-state index in [1.165, 1.54) is 12.1 Å². The van der Waals surface area contributed by atoms with E-state index >= 15 is 0 Å². The Bertz CT molecular complexity index is 641. The fourth-order valence-corrected chi connectivity index (χ4v) is 2.07. The quantitative estimate of drug-likeness (QED) is 0.587. The van der Waals surface area contributed by atoms with Crippen molar-refractivity contribution in [1.82, 2.24) is 0 Å². The van der Waals surface area contributed by atoms with Crippen molar-refractivity contribution in [3.63, 3.8) is 0 Å². The first-order valence-electron chi connectivity index (χ1n) is 5.64. The van der Waals surface area contributed by atoms with Crippen molar-refractivity contribution in [3.05, 3.63) is 52.0 Å². The maximum atomic E-state index is 12.2. The normalized spacial score (nSPS) is 10.2. The molecule has 0 aliphatic heterocycles. The minimum Gasteiger partial charge on any atom is -0.508 e. The number of hydrogen-bond acceptors (Lipinski definition) is 3. The van der Waals surface area contributed by atoms with Gasteiger partial charge in [-0.15, -0.1) is 0 Å². The summed E-state index contributed by atoms with van der Waals surface area (Å²) in [5, 5.41) is 12.0. The zero-order chi connectivity index (χ0) is 14.0. The van der Waals surface area contributed by atoms with Crippen molar-refractivity contribution in [2.45, 2.75) is 6.92 Å². The van der Waals surface area contributed by atoms with Gasteiger partial charge in [0, 0.05) is 16.1 Å². The number of hydrogen-bond donors (Lipinski definition) is 3. The molecule has 98 valence electrons. The molecule has 2 rings (SSSR count). The number of carbonyl (C=O) groups is 1. The summed E-state index contributed by atoms with van der Waals surface area (Å²) in [6.07, 6.45) is 0. The molecule has 2 aromatic carbocycles. The first kappa shape index (κ1) is 13.4. The van der Waals surface area contributed by atoms with Crippen LogP contribution >= 0.6 is 15.9 Å². The van der Waals surface area contributed by atoms with Crippen LogP contribution < -0.4 is 11.1 Å². The molecule has 0 atom stereocenters. The Balaban J connectivity index is 2.28. The van der Waals surface area contributed by atoms with Crippen LogP contribution in [0.4, 0.5) is 11.4 Å². The number of nitrogens with one attached hydrogen (secondary N) is 1. The molecular formula is C14H13BrN2O2. The van der Waals surface area contributed by atoms with Gasteiger partial charge in [0.1, 0.15) is 5.75 Å². The molecule has 0 bridgehead atoms. The van der Waals surface area contributed by atoms with Crippen LogP contribution in [0.3, 0.4) is 0 Å². The second-order valence-corrected chi connectivity index (χ2v) is 4.99. The molecule has 0 aliphatic carbocycles. The Morgan fingerprint density at radius 1 is 1.32 bits per heavy atom. The van der Waals surface area contributed by atoms with Crippen LogP contribution in [0, 0.1) is 6.92 Å². The molecule has 0 fully saturated rings. The molecule has 0 spiro atoms. The standard InChI is InChI=1S/C14H13BrN2O2/c1-8-10(3-2-4-11(8)15)14(19)17-13-6-5-9(18)7-12(13)16/h2-7,18H,16H2,1H3,(H,17,19). The molecular weight excluding hydrogens is 308 g/mol. The molecule has 0 aromatic heterocycles. The van der Waals surface area contributed by atoms with Crippen LogP contribution in [0.15, 0.2) is 40.9 Å². The van der Waals surface area contributed by atoms with Crippen molar-refractivity contribution in [2.75, 3.05) is 11.1 Å². The Kier molecular flexibility index (Phi) is 3.76. The second-order valence-electron chi connectivity index (χ2n) is 4.14. The maximum absolute atomic E-state index is 12.2. The zero-order valence-electron chi connectivity index (χ0n) is 10.3. The zero-order valence-corrected chi connectivity index (χ0v) is 11.9. The lowest BCUT2D eigenvalue weighted by Gasteiger charge is -2.10. The molecule has 0 radical (unpaired) electrons. The highest BCUT2D eigenvalue weighted by molar-refractivity contribution is 9.10. The number of halogens is 1. The lowest BCUT2D eigenvalue weighted by Crippen LogP contribution is -2.14. The maximum Gasteiger partial charge on any atom is 0.256 e. The summed E-state index contributed by atoms with van der Waals surface area (Å²) in [6.45, 7) is 1.86. The number of nitrogen functional groups attached to an aromatic ring is 1. The number of amides is 1. The van der Waals surface area contributed by atoms with Crippen molar-refractivity contribution in [3.8, 4) is 5.75 Å². The van der Waals surface area contributed by atoms with Gasteiger partial charge in [0.05, 0.1) is 11.4 Å². The highest BCUT2D eigenvalue weighted by Crippen LogP contribution is 2.25. The molecule has 0 heterocycles. The monoisotopic (exact) mass is 320 g/mol. The molecule has 0 aliphatic rings. The lowest BCUT2D eigenvalue weighted by molar-refractivity contribution is 0.102. The van der Waals surface area contributed by atoms with E-state index < -0.39 is 0 Å². The number of nitrogens with two attached hydrogens (primary N) is 1. The summed E-state index contributed by atoms with van der Waals surface area (Å²) in [4.78, 5) is 12.2. The molecule has 19 heavy (non-hydrogen) atoms. The van der Waals surface area contributed by atoms with Gasteiger partial charge in [-0.05, 0) is 36.8 Å².